The van der Waals surface area contributed by atoms with Crippen LogP contribution in [0.4, 0.5) is 0 Å². The second kappa shape index (κ2) is 8.78. The highest BCUT2D eigenvalue weighted by Gasteiger charge is 2.26. The molecule has 28 heavy (non-hydrogen) atoms. The Hall–Kier alpha value is -3.02. The predicted molar refractivity (Wildman–Crippen MR) is 105 cm³/mol. The van der Waals surface area contributed by atoms with Gasteiger partial charge in [0.2, 0.25) is 0 Å². The van der Waals surface area contributed by atoms with E-state index in [0.29, 0.717) is 23.7 Å². The molecule has 1 N–H and O–H groups in total. The minimum atomic E-state index is -1.07. The van der Waals surface area contributed by atoms with E-state index in [1.54, 1.807) is 23.1 Å². The number of amides is 1. The van der Waals surface area contributed by atoms with Crippen LogP contribution in [0.2, 0.25) is 0 Å². The van der Waals surface area contributed by atoms with E-state index in [-0.39, 0.29) is 11.9 Å². The number of hydrogen-bond donors (Lipinski definition) is 1. The van der Waals surface area contributed by atoms with E-state index in [9.17, 15) is 9.59 Å². The molecule has 0 radical (unpaired) electrons. The molecular formula is C22H25NO5. The molecule has 0 unspecified atom stereocenters. The molecule has 0 saturated carbocycles. The lowest BCUT2D eigenvalue weighted by Crippen LogP contribution is -2.40. The topological polar surface area (TPSA) is 76.1 Å². The first-order chi connectivity index (χ1) is 13.5. The molecular weight excluding hydrogens is 358 g/mol. The van der Waals surface area contributed by atoms with Crippen molar-refractivity contribution in [3.63, 3.8) is 0 Å². The molecule has 0 heterocycles. The number of aliphatic carboxylic acids is 1. The fourth-order valence-corrected chi connectivity index (χ4v) is 3.55. The highest BCUT2D eigenvalue weighted by Crippen LogP contribution is 2.30. The van der Waals surface area contributed by atoms with Crippen LogP contribution in [0.1, 0.15) is 34.8 Å². The van der Waals surface area contributed by atoms with Gasteiger partial charge in [0.25, 0.3) is 5.91 Å². The molecule has 6 heteroatoms. The zero-order valence-corrected chi connectivity index (χ0v) is 16.2. The molecule has 0 saturated heterocycles. The summed E-state index contributed by atoms with van der Waals surface area (Å²) in [5, 5.41) is 8.80. The van der Waals surface area contributed by atoms with Crippen molar-refractivity contribution < 1.29 is 24.2 Å². The number of ether oxygens (including phenoxy) is 2. The van der Waals surface area contributed by atoms with Crippen LogP contribution in [0.5, 0.6) is 11.5 Å². The van der Waals surface area contributed by atoms with E-state index >= 15 is 0 Å². The van der Waals surface area contributed by atoms with Crippen molar-refractivity contribution in [2.75, 3.05) is 20.3 Å². The van der Waals surface area contributed by atoms with Crippen molar-refractivity contribution in [3.8, 4) is 11.5 Å². The van der Waals surface area contributed by atoms with Gasteiger partial charge in [-0.15, -0.1) is 0 Å². The molecule has 0 aliphatic heterocycles. The summed E-state index contributed by atoms with van der Waals surface area (Å²) >= 11 is 0. The highest BCUT2D eigenvalue weighted by molar-refractivity contribution is 5.95. The highest BCUT2D eigenvalue weighted by atomic mass is 16.5. The van der Waals surface area contributed by atoms with Gasteiger partial charge in [-0.3, -0.25) is 4.79 Å². The van der Waals surface area contributed by atoms with E-state index in [1.165, 1.54) is 11.1 Å². The Labute approximate surface area is 164 Å². The zero-order valence-electron chi connectivity index (χ0n) is 16.2. The average Bonchev–Trinajstić information content (AvgIpc) is 2.71. The number of carbonyl (C=O) groups excluding carboxylic acids is 1. The monoisotopic (exact) mass is 383 g/mol. The van der Waals surface area contributed by atoms with Crippen LogP contribution in [0.15, 0.2) is 42.5 Å². The third-order valence-corrected chi connectivity index (χ3v) is 5.03. The standard InChI is InChI=1S/C22H25NO5/c1-3-27-20-13-17(9-11-19(20)28-14-21(24)25)22(26)23(2)18-10-8-15-6-4-5-7-16(15)12-18/h4-7,9,11,13,18H,3,8,10,12,14H2,1-2H3,(H,24,25)/t18-/m1/s1. The van der Waals surface area contributed by atoms with Crippen LogP contribution in [-0.4, -0.2) is 48.2 Å². The van der Waals surface area contributed by atoms with Gasteiger partial charge < -0.3 is 19.5 Å². The average molecular weight is 383 g/mol. The van der Waals surface area contributed by atoms with Crippen molar-refractivity contribution in [2.24, 2.45) is 0 Å². The summed E-state index contributed by atoms with van der Waals surface area (Å²) in [5.41, 5.74) is 3.15. The van der Waals surface area contributed by atoms with Crippen molar-refractivity contribution in [1.29, 1.82) is 0 Å². The second-order valence-corrected chi connectivity index (χ2v) is 6.86. The van der Waals surface area contributed by atoms with Crippen LogP contribution in [0, 0.1) is 0 Å². The number of rotatable bonds is 7. The normalized spacial score (nSPS) is 15.4. The maximum absolute atomic E-state index is 13.0. The Morgan fingerprint density at radius 1 is 1.11 bits per heavy atom. The summed E-state index contributed by atoms with van der Waals surface area (Å²) in [4.78, 5) is 25.6. The summed E-state index contributed by atoms with van der Waals surface area (Å²) in [6.07, 6.45) is 2.73. The van der Waals surface area contributed by atoms with Crippen LogP contribution in [0.25, 0.3) is 0 Å². The fraction of sp³-hybridized carbons (Fsp3) is 0.364. The van der Waals surface area contributed by atoms with Gasteiger partial charge in [0.05, 0.1) is 6.61 Å². The quantitative estimate of drug-likeness (QED) is 0.795. The third kappa shape index (κ3) is 4.44. The van der Waals surface area contributed by atoms with Crippen molar-refractivity contribution in [2.45, 2.75) is 32.2 Å². The second-order valence-electron chi connectivity index (χ2n) is 6.86. The molecule has 1 aliphatic rings. The number of carboxylic acids is 1. The van der Waals surface area contributed by atoms with Gasteiger partial charge in [0.15, 0.2) is 18.1 Å². The Morgan fingerprint density at radius 3 is 2.57 bits per heavy atom. The zero-order chi connectivity index (χ0) is 20.1. The minimum Gasteiger partial charge on any atom is -0.490 e. The van der Waals surface area contributed by atoms with E-state index in [0.717, 1.165) is 19.3 Å². The number of fused-ring (bicyclic) bond motifs is 1. The lowest BCUT2D eigenvalue weighted by Gasteiger charge is -2.32. The summed E-state index contributed by atoms with van der Waals surface area (Å²) in [7, 11) is 1.83. The number of hydrogen-bond acceptors (Lipinski definition) is 4. The molecule has 0 bridgehead atoms. The number of benzene rings is 2. The number of carboxylic acid groups (broad SMARTS) is 1. The first-order valence-corrected chi connectivity index (χ1v) is 9.45. The van der Waals surface area contributed by atoms with Crippen LogP contribution < -0.4 is 9.47 Å². The number of aryl methyl sites for hydroxylation is 1. The molecule has 3 rings (SSSR count). The molecule has 2 aromatic carbocycles. The summed E-state index contributed by atoms with van der Waals surface area (Å²) in [5.74, 6) is -0.470. The molecule has 1 atom stereocenters. The van der Waals surface area contributed by atoms with Crippen molar-refractivity contribution in [1.82, 2.24) is 4.90 Å². The molecule has 1 amide bonds. The molecule has 2 aromatic rings. The Morgan fingerprint density at radius 2 is 1.86 bits per heavy atom. The predicted octanol–water partition coefficient (Wildman–Crippen LogP) is 3.18. The van der Waals surface area contributed by atoms with E-state index < -0.39 is 12.6 Å². The summed E-state index contributed by atoms with van der Waals surface area (Å²) < 4.78 is 10.8. The van der Waals surface area contributed by atoms with Crippen LogP contribution >= 0.6 is 0 Å². The lowest BCUT2D eigenvalue weighted by molar-refractivity contribution is -0.139. The van der Waals surface area contributed by atoms with Crippen LogP contribution in [0.3, 0.4) is 0 Å². The number of carbonyl (C=O) groups is 2. The lowest BCUT2D eigenvalue weighted by atomic mass is 9.87. The first kappa shape index (κ1) is 19.7. The first-order valence-electron chi connectivity index (χ1n) is 9.45. The van der Waals surface area contributed by atoms with Gasteiger partial charge in [-0.25, -0.2) is 4.79 Å². The Kier molecular flexibility index (Phi) is 6.19. The van der Waals surface area contributed by atoms with Gasteiger partial charge in [-0.1, -0.05) is 24.3 Å². The molecule has 0 spiro atoms. The number of likely N-dealkylation sites (N-methyl/N-ethyl adjacent to an activating group) is 1. The third-order valence-electron chi connectivity index (χ3n) is 5.03. The fourth-order valence-electron chi connectivity index (χ4n) is 3.55. The van der Waals surface area contributed by atoms with E-state index in [4.69, 9.17) is 14.6 Å². The molecule has 1 aliphatic carbocycles. The smallest absolute Gasteiger partial charge is 0.341 e. The molecule has 0 fully saturated rings. The van der Waals surface area contributed by atoms with Gasteiger partial charge in [0.1, 0.15) is 0 Å². The Bertz CT molecular complexity index is 864. The maximum atomic E-state index is 13.0. The largest absolute Gasteiger partial charge is 0.490 e. The van der Waals surface area contributed by atoms with E-state index in [1.807, 2.05) is 20.0 Å². The van der Waals surface area contributed by atoms with Gasteiger partial charge in [-0.2, -0.15) is 0 Å². The van der Waals surface area contributed by atoms with Crippen molar-refractivity contribution in [3.05, 3.63) is 59.2 Å². The van der Waals surface area contributed by atoms with Gasteiger partial charge in [0, 0.05) is 18.7 Å². The van der Waals surface area contributed by atoms with Crippen molar-refractivity contribution >= 4 is 11.9 Å². The number of nitrogens with zero attached hydrogens (tertiary/aromatic N) is 1. The Balaban J connectivity index is 1.76. The molecule has 0 aromatic heterocycles. The van der Waals surface area contributed by atoms with E-state index in [2.05, 4.69) is 18.2 Å². The van der Waals surface area contributed by atoms with Crippen LogP contribution in [-0.2, 0) is 17.6 Å². The SMILES string of the molecule is CCOc1cc(C(=O)N(C)[C@@H]2CCc3ccccc3C2)ccc1OCC(=O)O. The minimum absolute atomic E-state index is 0.0879. The summed E-state index contributed by atoms with van der Waals surface area (Å²) in [6.45, 7) is 1.74. The van der Waals surface area contributed by atoms with Gasteiger partial charge in [-0.05, 0) is 55.5 Å². The van der Waals surface area contributed by atoms with Gasteiger partial charge >= 0.3 is 5.97 Å². The molecule has 148 valence electrons. The summed E-state index contributed by atoms with van der Waals surface area (Å²) in [6, 6.07) is 13.4. The maximum Gasteiger partial charge on any atom is 0.341 e. The molecule has 6 nitrogen and oxygen atoms in total.